The maximum atomic E-state index is 12.7. The summed E-state index contributed by atoms with van der Waals surface area (Å²) in [6, 6.07) is 0. The number of ether oxygens (including phenoxy) is 3. The van der Waals surface area contributed by atoms with E-state index < -0.39 is 12.1 Å². The highest BCUT2D eigenvalue weighted by molar-refractivity contribution is 5.71. The summed E-state index contributed by atoms with van der Waals surface area (Å²) in [5.74, 6) is -1.07. The van der Waals surface area contributed by atoms with Gasteiger partial charge in [-0.2, -0.15) is 0 Å². The second-order valence-electron chi connectivity index (χ2n) is 15.4. The van der Waals surface area contributed by atoms with Gasteiger partial charge in [0.15, 0.2) is 6.10 Å². The van der Waals surface area contributed by atoms with Crippen LogP contribution in [0.2, 0.25) is 0 Å². The molecule has 0 amide bonds. The molecule has 0 N–H and O–H groups in total. The fraction of sp³-hybridized carbons (Fsp3) is 0.673. The van der Waals surface area contributed by atoms with Gasteiger partial charge in [-0.3, -0.25) is 14.4 Å². The van der Waals surface area contributed by atoms with E-state index in [0.29, 0.717) is 19.3 Å². The maximum absolute atomic E-state index is 12.7. The fourth-order valence-electron chi connectivity index (χ4n) is 6.23. The van der Waals surface area contributed by atoms with Crippen LogP contribution in [0.4, 0.5) is 0 Å². The molecule has 6 heteroatoms. The molecule has 1 unspecified atom stereocenters. The average molecular weight is 807 g/mol. The van der Waals surface area contributed by atoms with E-state index in [1.165, 1.54) is 109 Å². The van der Waals surface area contributed by atoms with Crippen molar-refractivity contribution in [2.24, 2.45) is 0 Å². The highest BCUT2D eigenvalue weighted by Gasteiger charge is 2.19. The summed E-state index contributed by atoms with van der Waals surface area (Å²) in [5, 5.41) is 0. The number of esters is 3. The first-order valence-electron chi connectivity index (χ1n) is 23.7. The molecule has 0 aliphatic rings. The standard InChI is InChI=1S/C52H86O6/c1-4-7-10-13-16-19-22-25-28-30-33-36-39-42-45-51(54)57-48-49(58-52(55)46-43-40-37-34-31-27-24-21-18-15-12-9-6-3)47-56-50(53)44-41-38-35-32-29-26-23-20-17-14-11-8-5-2/h9,12,15,18,21,24,26-27,29,31,34-35,37-38,49H,4-8,10-11,13-14,16-17,19-20,22-23,25,28,30,32-33,36,39-48H2,1-3H3/b12-9-,18-15-,24-21-,29-26-,31-27-,37-34-,38-35-. The van der Waals surface area contributed by atoms with E-state index in [4.69, 9.17) is 14.2 Å². The monoisotopic (exact) mass is 807 g/mol. The fourth-order valence-corrected chi connectivity index (χ4v) is 6.23. The number of rotatable bonds is 41. The van der Waals surface area contributed by atoms with Crippen molar-refractivity contribution in [3.63, 3.8) is 0 Å². The van der Waals surface area contributed by atoms with Crippen molar-refractivity contribution in [3.05, 3.63) is 85.1 Å². The molecule has 0 rings (SSSR count). The predicted octanol–water partition coefficient (Wildman–Crippen LogP) is 15.3. The summed E-state index contributed by atoms with van der Waals surface area (Å²) in [6.07, 6.45) is 58.7. The minimum Gasteiger partial charge on any atom is -0.462 e. The van der Waals surface area contributed by atoms with Crippen LogP contribution in [0.3, 0.4) is 0 Å². The Kier molecular flexibility index (Phi) is 43.6. The Bertz CT molecular complexity index is 1160. The van der Waals surface area contributed by atoms with E-state index in [0.717, 1.165) is 44.9 Å². The van der Waals surface area contributed by atoms with E-state index in [1.54, 1.807) is 0 Å². The first-order chi connectivity index (χ1) is 28.5. The molecule has 0 spiro atoms. The number of hydrogen-bond donors (Lipinski definition) is 0. The van der Waals surface area contributed by atoms with Crippen LogP contribution in [-0.4, -0.2) is 37.2 Å². The second-order valence-corrected chi connectivity index (χ2v) is 15.4. The summed E-state index contributed by atoms with van der Waals surface area (Å²) < 4.78 is 16.6. The molecule has 0 aromatic heterocycles. The summed E-state index contributed by atoms with van der Waals surface area (Å²) in [5.41, 5.74) is 0. The Hall–Kier alpha value is -3.41. The third kappa shape index (κ3) is 43.7. The third-order valence-electron chi connectivity index (χ3n) is 9.78. The van der Waals surface area contributed by atoms with Crippen molar-refractivity contribution >= 4 is 17.9 Å². The summed E-state index contributed by atoms with van der Waals surface area (Å²) in [7, 11) is 0. The van der Waals surface area contributed by atoms with Gasteiger partial charge in [0.2, 0.25) is 0 Å². The van der Waals surface area contributed by atoms with Gasteiger partial charge in [0.25, 0.3) is 0 Å². The van der Waals surface area contributed by atoms with Crippen LogP contribution in [0.1, 0.15) is 207 Å². The lowest BCUT2D eigenvalue weighted by Gasteiger charge is -2.18. The number of allylic oxidation sites excluding steroid dienone is 14. The maximum Gasteiger partial charge on any atom is 0.306 e. The smallest absolute Gasteiger partial charge is 0.306 e. The molecule has 0 saturated carbocycles. The zero-order valence-electron chi connectivity index (χ0n) is 37.5. The Labute approximate surface area is 356 Å². The molecule has 0 aromatic carbocycles. The van der Waals surface area contributed by atoms with Crippen LogP contribution in [0, 0.1) is 0 Å². The van der Waals surface area contributed by atoms with E-state index in [9.17, 15) is 14.4 Å². The third-order valence-corrected chi connectivity index (χ3v) is 9.78. The molecule has 0 saturated heterocycles. The zero-order chi connectivity index (χ0) is 42.3. The number of hydrogen-bond acceptors (Lipinski definition) is 6. The SMILES string of the molecule is CC\C=C/C=C\C=C/C=C\C=C/CCCC(=O)OC(COC(=O)CC/C=C\C/C=C\CCCCCCCC)COC(=O)CCCCCCCCCCCCCCCC. The number of carbonyl (C=O) groups is 3. The van der Waals surface area contributed by atoms with Gasteiger partial charge in [-0.15, -0.1) is 0 Å². The summed E-state index contributed by atoms with van der Waals surface area (Å²) in [6.45, 7) is 6.35. The minimum absolute atomic E-state index is 0.121. The lowest BCUT2D eigenvalue weighted by Crippen LogP contribution is -2.30. The topological polar surface area (TPSA) is 78.9 Å². The minimum atomic E-state index is -0.833. The highest BCUT2D eigenvalue weighted by atomic mass is 16.6. The Morgan fingerprint density at radius 1 is 0.379 bits per heavy atom. The van der Waals surface area contributed by atoms with Crippen molar-refractivity contribution < 1.29 is 28.6 Å². The normalized spacial score (nSPS) is 12.8. The van der Waals surface area contributed by atoms with Crippen LogP contribution < -0.4 is 0 Å². The van der Waals surface area contributed by atoms with Crippen molar-refractivity contribution in [2.45, 2.75) is 213 Å². The number of unbranched alkanes of at least 4 members (excludes halogenated alkanes) is 20. The molecule has 330 valence electrons. The first kappa shape index (κ1) is 54.6. The molecule has 58 heavy (non-hydrogen) atoms. The van der Waals surface area contributed by atoms with Crippen LogP contribution in [0.25, 0.3) is 0 Å². The molecule has 0 aliphatic carbocycles. The van der Waals surface area contributed by atoms with E-state index >= 15 is 0 Å². The predicted molar refractivity (Wildman–Crippen MR) is 247 cm³/mol. The van der Waals surface area contributed by atoms with Crippen molar-refractivity contribution in [2.75, 3.05) is 13.2 Å². The van der Waals surface area contributed by atoms with Gasteiger partial charge in [-0.1, -0.05) is 221 Å². The van der Waals surface area contributed by atoms with Gasteiger partial charge in [0.05, 0.1) is 0 Å². The Morgan fingerprint density at radius 3 is 1.33 bits per heavy atom. The average Bonchev–Trinajstić information content (AvgIpc) is 3.22. The molecule has 0 bridgehead atoms. The van der Waals surface area contributed by atoms with Gasteiger partial charge in [0.1, 0.15) is 13.2 Å². The molecule has 0 fully saturated rings. The second kappa shape index (κ2) is 46.3. The molecule has 0 aliphatic heterocycles. The summed E-state index contributed by atoms with van der Waals surface area (Å²) in [4.78, 5) is 37.7. The van der Waals surface area contributed by atoms with Gasteiger partial charge in [-0.25, -0.2) is 0 Å². The Morgan fingerprint density at radius 2 is 0.793 bits per heavy atom. The van der Waals surface area contributed by atoms with E-state index in [1.807, 2.05) is 60.8 Å². The molecular weight excluding hydrogens is 721 g/mol. The van der Waals surface area contributed by atoms with Crippen molar-refractivity contribution in [1.82, 2.24) is 0 Å². The lowest BCUT2D eigenvalue weighted by atomic mass is 10.0. The molecule has 0 heterocycles. The van der Waals surface area contributed by atoms with Gasteiger partial charge in [0, 0.05) is 19.3 Å². The largest absolute Gasteiger partial charge is 0.462 e. The van der Waals surface area contributed by atoms with Gasteiger partial charge < -0.3 is 14.2 Å². The zero-order valence-corrected chi connectivity index (χ0v) is 37.5. The first-order valence-corrected chi connectivity index (χ1v) is 23.7. The highest BCUT2D eigenvalue weighted by Crippen LogP contribution is 2.14. The Balaban J connectivity index is 4.55. The molecule has 1 atom stereocenters. The summed E-state index contributed by atoms with van der Waals surface area (Å²) >= 11 is 0. The van der Waals surface area contributed by atoms with Crippen molar-refractivity contribution in [1.29, 1.82) is 0 Å². The van der Waals surface area contributed by atoms with E-state index in [2.05, 4.69) is 45.1 Å². The van der Waals surface area contributed by atoms with Gasteiger partial charge >= 0.3 is 17.9 Å². The molecule has 6 nitrogen and oxygen atoms in total. The van der Waals surface area contributed by atoms with E-state index in [-0.39, 0.29) is 38.0 Å². The van der Waals surface area contributed by atoms with Crippen LogP contribution in [-0.2, 0) is 28.6 Å². The lowest BCUT2D eigenvalue weighted by molar-refractivity contribution is -0.166. The van der Waals surface area contributed by atoms with Gasteiger partial charge in [-0.05, 0) is 51.4 Å². The molecule has 0 radical (unpaired) electrons. The van der Waals surface area contributed by atoms with Crippen LogP contribution in [0.15, 0.2) is 85.1 Å². The van der Waals surface area contributed by atoms with Crippen LogP contribution in [0.5, 0.6) is 0 Å². The van der Waals surface area contributed by atoms with Crippen molar-refractivity contribution in [3.8, 4) is 0 Å². The number of carbonyl (C=O) groups excluding carboxylic acids is 3. The molecule has 0 aromatic rings. The van der Waals surface area contributed by atoms with Crippen LogP contribution >= 0.6 is 0 Å². The molecular formula is C52H86O6. The quantitative estimate of drug-likeness (QED) is 0.0201.